The van der Waals surface area contributed by atoms with E-state index in [-0.39, 0.29) is 24.4 Å². The molecule has 1 fully saturated rings. The molecule has 6 heteroatoms. The van der Waals surface area contributed by atoms with Crippen molar-refractivity contribution >= 4 is 34.2 Å². The van der Waals surface area contributed by atoms with Crippen LogP contribution < -0.4 is 5.73 Å². The fraction of sp³-hybridized carbons (Fsp3) is 0.562. The molecule has 0 spiro atoms. The SMILES string of the molecule is CC1CN(CC(=O)N(C)Cc2ccccc2Br)CCC1N.Cl. The van der Waals surface area contributed by atoms with E-state index >= 15 is 0 Å². The van der Waals surface area contributed by atoms with E-state index in [0.717, 1.165) is 29.5 Å². The van der Waals surface area contributed by atoms with Gasteiger partial charge in [0.25, 0.3) is 0 Å². The Labute approximate surface area is 147 Å². The predicted octanol–water partition coefficient (Wildman–Crippen LogP) is 2.50. The van der Waals surface area contributed by atoms with E-state index < -0.39 is 0 Å². The molecular weight excluding hydrogens is 366 g/mol. The highest BCUT2D eigenvalue weighted by molar-refractivity contribution is 9.10. The molecule has 1 aliphatic heterocycles. The van der Waals surface area contributed by atoms with Gasteiger partial charge in [-0.05, 0) is 24.0 Å². The standard InChI is InChI=1S/C16H24BrN3O.ClH/c1-12-9-20(8-7-15(12)18)11-16(21)19(2)10-13-5-3-4-6-14(13)17;/h3-6,12,15H,7-11,18H2,1-2H3;1H. The van der Waals surface area contributed by atoms with Crippen LogP contribution in [0.25, 0.3) is 0 Å². The molecule has 4 nitrogen and oxygen atoms in total. The fourth-order valence-electron chi connectivity index (χ4n) is 2.68. The Morgan fingerprint density at radius 3 is 2.77 bits per heavy atom. The van der Waals surface area contributed by atoms with Crippen LogP contribution in [0.3, 0.4) is 0 Å². The van der Waals surface area contributed by atoms with Gasteiger partial charge in [-0.1, -0.05) is 41.1 Å². The minimum Gasteiger partial charge on any atom is -0.340 e. The molecule has 0 bridgehead atoms. The lowest BCUT2D eigenvalue weighted by molar-refractivity contribution is -0.132. The van der Waals surface area contributed by atoms with E-state index in [4.69, 9.17) is 5.73 Å². The van der Waals surface area contributed by atoms with Gasteiger partial charge >= 0.3 is 0 Å². The van der Waals surface area contributed by atoms with Gasteiger partial charge in [0, 0.05) is 37.2 Å². The van der Waals surface area contributed by atoms with Crippen LogP contribution in [0.4, 0.5) is 0 Å². The van der Waals surface area contributed by atoms with Crippen LogP contribution in [0.1, 0.15) is 18.9 Å². The maximum atomic E-state index is 12.4. The molecular formula is C16H25BrClN3O. The second-order valence-electron chi connectivity index (χ2n) is 6.01. The summed E-state index contributed by atoms with van der Waals surface area (Å²) >= 11 is 3.52. The highest BCUT2D eigenvalue weighted by Gasteiger charge is 2.25. The Bertz CT molecular complexity index is 500. The van der Waals surface area contributed by atoms with E-state index in [2.05, 4.69) is 27.8 Å². The van der Waals surface area contributed by atoms with Gasteiger partial charge in [-0.2, -0.15) is 0 Å². The molecule has 1 amide bonds. The van der Waals surface area contributed by atoms with Gasteiger partial charge < -0.3 is 10.6 Å². The number of nitrogens with two attached hydrogens (primary N) is 1. The molecule has 2 unspecified atom stereocenters. The minimum atomic E-state index is 0. The Balaban J connectivity index is 0.00000242. The molecule has 1 heterocycles. The second-order valence-corrected chi connectivity index (χ2v) is 6.86. The molecule has 2 N–H and O–H groups in total. The Kier molecular flexibility index (Phi) is 7.83. The Morgan fingerprint density at radius 2 is 2.14 bits per heavy atom. The molecule has 1 aromatic rings. The molecule has 0 saturated carbocycles. The van der Waals surface area contributed by atoms with Crippen molar-refractivity contribution in [2.24, 2.45) is 11.7 Å². The molecule has 1 saturated heterocycles. The third kappa shape index (κ3) is 5.23. The predicted molar refractivity (Wildman–Crippen MR) is 96.1 cm³/mol. The third-order valence-corrected chi connectivity index (χ3v) is 4.98. The van der Waals surface area contributed by atoms with Crippen molar-refractivity contribution in [1.82, 2.24) is 9.80 Å². The van der Waals surface area contributed by atoms with Gasteiger partial charge in [0.05, 0.1) is 6.54 Å². The van der Waals surface area contributed by atoms with Crippen LogP contribution in [0.5, 0.6) is 0 Å². The van der Waals surface area contributed by atoms with Gasteiger partial charge in [-0.3, -0.25) is 9.69 Å². The van der Waals surface area contributed by atoms with Crippen molar-refractivity contribution in [3.63, 3.8) is 0 Å². The van der Waals surface area contributed by atoms with E-state index in [0.29, 0.717) is 19.0 Å². The van der Waals surface area contributed by atoms with Crippen LogP contribution in [0.2, 0.25) is 0 Å². The van der Waals surface area contributed by atoms with Crippen LogP contribution in [0.15, 0.2) is 28.7 Å². The summed E-state index contributed by atoms with van der Waals surface area (Å²) in [7, 11) is 1.86. The monoisotopic (exact) mass is 389 g/mol. The molecule has 2 atom stereocenters. The van der Waals surface area contributed by atoms with Gasteiger partial charge in [-0.25, -0.2) is 0 Å². The second kappa shape index (κ2) is 8.87. The number of halogens is 2. The largest absolute Gasteiger partial charge is 0.340 e. The topological polar surface area (TPSA) is 49.6 Å². The molecule has 1 aliphatic rings. The highest BCUT2D eigenvalue weighted by Crippen LogP contribution is 2.18. The number of hydrogen-bond acceptors (Lipinski definition) is 3. The quantitative estimate of drug-likeness (QED) is 0.859. The first kappa shape index (κ1) is 19.4. The number of carbonyl (C=O) groups is 1. The number of hydrogen-bond donors (Lipinski definition) is 1. The molecule has 1 aromatic carbocycles. The van der Waals surface area contributed by atoms with Crippen molar-refractivity contribution < 1.29 is 4.79 Å². The van der Waals surface area contributed by atoms with Crippen LogP contribution in [-0.4, -0.2) is 48.4 Å². The average molecular weight is 391 g/mol. The Hall–Kier alpha value is -0.620. The van der Waals surface area contributed by atoms with Crippen molar-refractivity contribution in [2.45, 2.75) is 25.9 Å². The minimum absolute atomic E-state index is 0. The van der Waals surface area contributed by atoms with E-state index in [1.165, 1.54) is 0 Å². The summed E-state index contributed by atoms with van der Waals surface area (Å²) < 4.78 is 1.04. The fourth-order valence-corrected chi connectivity index (χ4v) is 3.09. The summed E-state index contributed by atoms with van der Waals surface area (Å²) in [5, 5.41) is 0. The van der Waals surface area contributed by atoms with Gasteiger partial charge in [0.1, 0.15) is 0 Å². The van der Waals surface area contributed by atoms with Crippen molar-refractivity contribution in [1.29, 1.82) is 0 Å². The number of likely N-dealkylation sites (tertiary alicyclic amines) is 1. The lowest BCUT2D eigenvalue weighted by atomic mass is 9.95. The third-order valence-electron chi connectivity index (χ3n) is 4.21. The highest BCUT2D eigenvalue weighted by atomic mass is 79.9. The summed E-state index contributed by atoms with van der Waals surface area (Å²) in [6, 6.07) is 8.28. The molecule has 0 aliphatic carbocycles. The lowest BCUT2D eigenvalue weighted by Crippen LogP contribution is -2.49. The summed E-state index contributed by atoms with van der Waals surface area (Å²) in [4.78, 5) is 16.4. The summed E-state index contributed by atoms with van der Waals surface area (Å²) in [6.45, 7) is 5.10. The zero-order chi connectivity index (χ0) is 15.4. The number of likely N-dealkylation sites (N-methyl/N-ethyl adjacent to an activating group) is 1. The maximum Gasteiger partial charge on any atom is 0.236 e. The number of carbonyl (C=O) groups excluding carboxylic acids is 1. The van der Waals surface area contributed by atoms with Gasteiger partial charge in [0.2, 0.25) is 5.91 Å². The van der Waals surface area contributed by atoms with Gasteiger partial charge in [0.15, 0.2) is 0 Å². The number of amides is 1. The zero-order valence-corrected chi connectivity index (χ0v) is 15.6. The summed E-state index contributed by atoms with van der Waals surface area (Å²) in [5.41, 5.74) is 7.15. The number of rotatable bonds is 4. The summed E-state index contributed by atoms with van der Waals surface area (Å²) in [5.74, 6) is 0.619. The van der Waals surface area contributed by atoms with Crippen molar-refractivity contribution in [3.8, 4) is 0 Å². The van der Waals surface area contributed by atoms with E-state index in [1.54, 1.807) is 4.90 Å². The molecule has 22 heavy (non-hydrogen) atoms. The van der Waals surface area contributed by atoms with Crippen LogP contribution in [0, 0.1) is 5.92 Å². The van der Waals surface area contributed by atoms with Crippen LogP contribution in [-0.2, 0) is 11.3 Å². The first-order valence-corrected chi connectivity index (χ1v) is 8.22. The van der Waals surface area contributed by atoms with Gasteiger partial charge in [-0.15, -0.1) is 12.4 Å². The Morgan fingerprint density at radius 1 is 1.45 bits per heavy atom. The van der Waals surface area contributed by atoms with E-state index in [1.807, 2.05) is 31.3 Å². The lowest BCUT2D eigenvalue weighted by Gasteiger charge is -2.35. The molecule has 124 valence electrons. The number of benzene rings is 1. The van der Waals surface area contributed by atoms with Crippen molar-refractivity contribution in [3.05, 3.63) is 34.3 Å². The van der Waals surface area contributed by atoms with E-state index in [9.17, 15) is 4.79 Å². The first-order chi connectivity index (χ1) is 9.97. The van der Waals surface area contributed by atoms with Crippen LogP contribution >= 0.6 is 28.3 Å². The summed E-state index contributed by atoms with van der Waals surface area (Å²) in [6.07, 6.45) is 0.975. The molecule has 2 rings (SSSR count). The number of nitrogens with zero attached hydrogens (tertiary/aromatic N) is 2. The van der Waals surface area contributed by atoms with Crippen molar-refractivity contribution in [2.75, 3.05) is 26.7 Å². The smallest absolute Gasteiger partial charge is 0.236 e. The maximum absolute atomic E-state index is 12.4. The molecule has 0 aromatic heterocycles. The molecule has 0 radical (unpaired) electrons. The zero-order valence-electron chi connectivity index (χ0n) is 13.2. The first-order valence-electron chi connectivity index (χ1n) is 7.42. The average Bonchev–Trinajstić information content (AvgIpc) is 2.45. The number of piperidine rings is 1. The normalized spacial score (nSPS) is 22.0.